The van der Waals surface area contributed by atoms with Crippen LogP contribution in [0.4, 0.5) is 4.39 Å². The molecule has 1 aliphatic carbocycles. The molecule has 0 bridgehead atoms. The monoisotopic (exact) mass is 382 g/mol. The van der Waals surface area contributed by atoms with Crippen LogP contribution in [0.25, 0.3) is 11.1 Å². The number of carbonyl (C=O) groups excluding carboxylic acids is 1. The van der Waals surface area contributed by atoms with Crippen molar-refractivity contribution in [2.24, 2.45) is 0 Å². The highest BCUT2D eigenvalue weighted by molar-refractivity contribution is 6.64. The largest absolute Gasteiger partial charge is 0.498 e. The summed E-state index contributed by atoms with van der Waals surface area (Å²) in [6.45, 7) is 9.72. The van der Waals surface area contributed by atoms with Crippen molar-refractivity contribution in [3.05, 3.63) is 52.8 Å². The van der Waals surface area contributed by atoms with E-state index >= 15 is 4.39 Å². The Hall–Kier alpha value is -2.18. The highest BCUT2D eigenvalue weighted by Gasteiger charge is 2.53. The van der Waals surface area contributed by atoms with Crippen molar-refractivity contribution >= 4 is 18.6 Å². The fourth-order valence-electron chi connectivity index (χ4n) is 3.89. The quantitative estimate of drug-likeness (QED) is 0.510. The lowest BCUT2D eigenvalue weighted by atomic mass is 9.73. The van der Waals surface area contributed by atoms with Gasteiger partial charge in [-0.05, 0) is 69.4 Å². The molecule has 0 spiro atoms. The number of halogens is 1. The second-order valence-electron chi connectivity index (χ2n) is 8.32. The third-order valence-electron chi connectivity index (χ3n) is 6.06. The Morgan fingerprint density at radius 2 is 1.82 bits per heavy atom. The van der Waals surface area contributed by atoms with E-state index in [0.717, 1.165) is 16.7 Å². The van der Waals surface area contributed by atoms with Gasteiger partial charge in [-0.2, -0.15) is 0 Å². The lowest BCUT2D eigenvalue weighted by Gasteiger charge is -2.32. The molecule has 0 atom stereocenters. The van der Waals surface area contributed by atoms with E-state index in [1.807, 2.05) is 52.0 Å². The summed E-state index contributed by atoms with van der Waals surface area (Å²) in [6, 6.07) is 9.07. The number of hydrogen-bond acceptors (Lipinski definition) is 4. The third kappa shape index (κ3) is 2.78. The zero-order chi connectivity index (χ0) is 20.3. The average molecular weight is 382 g/mol. The highest BCUT2D eigenvalue weighted by Crippen LogP contribution is 2.42. The zero-order valence-corrected chi connectivity index (χ0v) is 16.9. The minimum atomic E-state index is -0.846. The molecule has 0 unspecified atom stereocenters. The number of carbonyl (C=O) groups is 1. The van der Waals surface area contributed by atoms with Crippen molar-refractivity contribution in [3.63, 3.8) is 0 Å². The standard InChI is InChI=1S/C22H24BFO4/c1-6-26-20(25)16-12-17(24)19(23-27-21(2,3)22(4,5)28-23)18-14-10-8-7-9-13(14)11-15(16)18/h7-10,12H,6,11H2,1-5H3. The molecule has 28 heavy (non-hydrogen) atoms. The van der Waals surface area contributed by atoms with Gasteiger partial charge in [0.25, 0.3) is 0 Å². The summed E-state index contributed by atoms with van der Waals surface area (Å²) in [6.07, 6.45) is 0.548. The summed E-state index contributed by atoms with van der Waals surface area (Å²) in [7, 11) is -0.846. The molecule has 2 aromatic rings. The lowest BCUT2D eigenvalue weighted by molar-refractivity contribution is 0.00578. The van der Waals surface area contributed by atoms with Gasteiger partial charge >= 0.3 is 13.1 Å². The molecule has 1 fully saturated rings. The molecule has 6 heteroatoms. The van der Waals surface area contributed by atoms with E-state index in [-0.39, 0.29) is 12.2 Å². The molecule has 0 radical (unpaired) electrons. The van der Waals surface area contributed by atoms with Crippen molar-refractivity contribution in [1.29, 1.82) is 0 Å². The van der Waals surface area contributed by atoms with Crippen LogP contribution in [0.3, 0.4) is 0 Å². The molecule has 1 aliphatic heterocycles. The van der Waals surface area contributed by atoms with Crippen LogP contribution < -0.4 is 5.46 Å². The van der Waals surface area contributed by atoms with Crippen LogP contribution in [0.1, 0.15) is 56.1 Å². The van der Waals surface area contributed by atoms with Crippen LogP contribution in [0, 0.1) is 5.82 Å². The topological polar surface area (TPSA) is 44.8 Å². The van der Waals surface area contributed by atoms with Gasteiger partial charge in [0.1, 0.15) is 5.82 Å². The van der Waals surface area contributed by atoms with Crippen LogP contribution >= 0.6 is 0 Å². The van der Waals surface area contributed by atoms with E-state index in [1.54, 1.807) is 6.92 Å². The molecule has 2 aliphatic rings. The fraction of sp³-hybridized carbons (Fsp3) is 0.409. The van der Waals surface area contributed by atoms with Crippen molar-refractivity contribution in [2.45, 2.75) is 52.2 Å². The summed E-state index contributed by atoms with van der Waals surface area (Å²) < 4.78 is 32.8. The zero-order valence-electron chi connectivity index (χ0n) is 16.9. The van der Waals surface area contributed by atoms with Crippen LogP contribution in [-0.2, 0) is 20.5 Å². The van der Waals surface area contributed by atoms with Crippen LogP contribution in [0.2, 0.25) is 0 Å². The van der Waals surface area contributed by atoms with Crippen LogP contribution in [-0.4, -0.2) is 30.9 Å². The van der Waals surface area contributed by atoms with Gasteiger partial charge in [0, 0.05) is 5.46 Å². The molecule has 146 valence electrons. The van der Waals surface area contributed by atoms with Crippen molar-refractivity contribution < 1.29 is 23.2 Å². The second-order valence-corrected chi connectivity index (χ2v) is 8.32. The molecule has 0 amide bonds. The maximum Gasteiger partial charge on any atom is 0.498 e. The van der Waals surface area contributed by atoms with Gasteiger partial charge in [0.05, 0.1) is 23.4 Å². The number of rotatable bonds is 3. The Morgan fingerprint density at radius 3 is 2.46 bits per heavy atom. The predicted molar refractivity (Wildman–Crippen MR) is 106 cm³/mol. The molecule has 4 nitrogen and oxygen atoms in total. The number of esters is 1. The van der Waals surface area contributed by atoms with E-state index < -0.39 is 30.1 Å². The van der Waals surface area contributed by atoms with Gasteiger partial charge in [-0.25, -0.2) is 9.18 Å². The molecular weight excluding hydrogens is 358 g/mol. The number of hydrogen-bond donors (Lipinski definition) is 0. The van der Waals surface area contributed by atoms with Crippen molar-refractivity contribution in [3.8, 4) is 11.1 Å². The fourth-order valence-corrected chi connectivity index (χ4v) is 3.89. The van der Waals surface area contributed by atoms with Gasteiger partial charge in [-0.15, -0.1) is 0 Å². The Kier molecular flexibility index (Phi) is 4.40. The summed E-state index contributed by atoms with van der Waals surface area (Å²) in [4.78, 5) is 12.5. The average Bonchev–Trinajstić information content (AvgIpc) is 3.09. The van der Waals surface area contributed by atoms with E-state index in [9.17, 15) is 4.79 Å². The first-order chi connectivity index (χ1) is 13.2. The smallest absolute Gasteiger partial charge is 0.462 e. The Balaban J connectivity index is 1.93. The minimum Gasteiger partial charge on any atom is -0.462 e. The van der Waals surface area contributed by atoms with Crippen LogP contribution in [0.15, 0.2) is 30.3 Å². The Morgan fingerprint density at radius 1 is 1.18 bits per heavy atom. The summed E-state index contributed by atoms with van der Waals surface area (Å²) in [5.41, 5.74) is 2.86. The SMILES string of the molecule is CCOC(=O)c1cc(F)c(B2OC(C)(C)C(C)(C)O2)c2c1Cc1ccccc1-2. The molecule has 2 aromatic carbocycles. The third-order valence-corrected chi connectivity index (χ3v) is 6.06. The van der Waals surface area contributed by atoms with Crippen molar-refractivity contribution in [1.82, 2.24) is 0 Å². The molecule has 1 heterocycles. The maximum atomic E-state index is 15.4. The van der Waals surface area contributed by atoms with Gasteiger partial charge in [0.15, 0.2) is 0 Å². The maximum absolute atomic E-state index is 15.4. The Labute approximate surface area is 165 Å². The first-order valence-electron chi connectivity index (χ1n) is 9.62. The van der Waals surface area contributed by atoms with Gasteiger partial charge in [-0.1, -0.05) is 24.3 Å². The van der Waals surface area contributed by atoms with Crippen molar-refractivity contribution in [2.75, 3.05) is 6.61 Å². The first-order valence-corrected chi connectivity index (χ1v) is 9.62. The minimum absolute atomic E-state index is 0.237. The van der Waals surface area contributed by atoms with E-state index in [2.05, 4.69) is 0 Å². The Bertz CT molecular complexity index is 951. The number of fused-ring (bicyclic) bond motifs is 3. The summed E-state index contributed by atoms with van der Waals surface area (Å²) >= 11 is 0. The molecule has 1 saturated heterocycles. The van der Waals surface area contributed by atoms with Crippen LogP contribution in [0.5, 0.6) is 0 Å². The number of benzene rings is 2. The van der Waals surface area contributed by atoms with Gasteiger partial charge in [-0.3, -0.25) is 0 Å². The molecule has 4 rings (SSSR count). The normalized spacial score (nSPS) is 18.7. The highest BCUT2D eigenvalue weighted by atomic mass is 19.1. The molecule has 0 saturated carbocycles. The molecular formula is C22H24BFO4. The van der Waals surface area contributed by atoms with E-state index in [4.69, 9.17) is 14.0 Å². The second kappa shape index (κ2) is 6.43. The first kappa shape index (κ1) is 19.2. The van der Waals surface area contributed by atoms with E-state index in [1.165, 1.54) is 6.07 Å². The summed E-state index contributed by atoms with van der Waals surface area (Å²) in [5, 5.41) is 0. The number of ether oxygens (including phenoxy) is 1. The summed E-state index contributed by atoms with van der Waals surface area (Å²) in [5.74, 6) is -1.03. The van der Waals surface area contributed by atoms with Gasteiger partial charge < -0.3 is 14.0 Å². The molecule has 0 N–H and O–H groups in total. The lowest BCUT2D eigenvalue weighted by Crippen LogP contribution is -2.41. The molecule has 0 aromatic heterocycles. The van der Waals surface area contributed by atoms with E-state index in [0.29, 0.717) is 17.4 Å². The predicted octanol–water partition coefficient (Wildman–Crippen LogP) is 3.87. The van der Waals surface area contributed by atoms with Gasteiger partial charge in [0.2, 0.25) is 0 Å².